The number of methoxy groups -OCH3 is 2. The zero-order chi connectivity index (χ0) is 89.2. The van der Waals surface area contributed by atoms with Crippen LogP contribution < -0.4 is 65.1 Å². The summed E-state index contributed by atoms with van der Waals surface area (Å²) in [6.07, 6.45) is 3.42. The van der Waals surface area contributed by atoms with Crippen LogP contribution in [0.5, 0.6) is 5.75 Å². The number of hydrogen-bond donors (Lipinski definition) is 17. The molecule has 2 heterocycles. The number of aromatic amines is 1. The molecule has 4 aromatic rings. The maximum Gasteiger partial charge on any atom is 0.361 e. The number of nitrogens with zero attached hydrogens (tertiary/aromatic N) is 5. The Labute approximate surface area is 704 Å². The molecule has 5 unspecified atom stereocenters. The summed E-state index contributed by atoms with van der Waals surface area (Å²) in [6.45, 7) is 3.94. The van der Waals surface area contributed by atoms with Crippen LogP contribution in [0.3, 0.4) is 0 Å². The molecular formula is C82H126N18O21+4. The van der Waals surface area contributed by atoms with Gasteiger partial charge in [-0.25, -0.2) is 9.59 Å². The number of primary amides is 1. The number of nitrogens with one attached hydrogen (secondary N) is 10. The van der Waals surface area contributed by atoms with Gasteiger partial charge in [0, 0.05) is 42.9 Å². The van der Waals surface area contributed by atoms with Gasteiger partial charge in [-0.1, -0.05) is 107 Å². The lowest BCUT2D eigenvalue weighted by Gasteiger charge is -2.45. The predicted octanol–water partition coefficient (Wildman–Crippen LogP) is -3.44. The number of fused-ring (bicyclic) bond motifs is 1. The molecule has 6 rings (SSSR count). The van der Waals surface area contributed by atoms with Gasteiger partial charge in [-0.15, -0.1) is 0 Å². The monoisotopic (exact) mass is 1700 g/mol. The number of phenols is 1. The second-order valence-corrected chi connectivity index (χ2v) is 33.2. The summed E-state index contributed by atoms with van der Waals surface area (Å²) in [6, 6.07) is 6.78. The normalized spacial score (nSPS) is 20.6. The number of aromatic nitrogens is 1. The second-order valence-electron chi connectivity index (χ2n) is 33.2. The number of phenolic OH excluding ortho intramolecular Hbond substituents is 1. The third kappa shape index (κ3) is 32.9. The first-order valence-corrected chi connectivity index (χ1v) is 40.7. The smallest absolute Gasteiger partial charge is 0.361 e. The number of para-hydroxylation sites is 1. The number of quaternary nitrogens is 4. The highest BCUT2D eigenvalue weighted by molar-refractivity contribution is 5.99. The number of hydrogen-bond acceptors (Lipinski definition) is 21. The molecule has 2 fully saturated rings. The first-order valence-electron chi connectivity index (χ1n) is 40.7. The maximum atomic E-state index is 15.2. The number of amides is 10. The van der Waals surface area contributed by atoms with Crippen LogP contribution >= 0.6 is 0 Å². The molecule has 3 aromatic carbocycles. The molecule has 39 heteroatoms. The van der Waals surface area contributed by atoms with Crippen LogP contribution in [0.2, 0.25) is 0 Å². The number of likely N-dealkylation sites (N-methyl/N-ethyl adjacent to an activating group) is 4. The Morgan fingerprint density at radius 3 is 1.47 bits per heavy atom. The van der Waals surface area contributed by atoms with Crippen LogP contribution in [-0.4, -0.2) is 328 Å². The molecule has 666 valence electrons. The third-order valence-electron chi connectivity index (χ3n) is 22.4. The number of aliphatic carboxylic acids is 1. The summed E-state index contributed by atoms with van der Waals surface area (Å²) in [5, 5.41) is 65.9. The Bertz CT molecular complexity index is 4160. The Morgan fingerprint density at radius 2 is 0.959 bits per heavy atom. The third-order valence-corrected chi connectivity index (χ3v) is 22.4. The molecule has 1 aliphatic carbocycles. The van der Waals surface area contributed by atoms with Gasteiger partial charge < -0.3 is 118 Å². The number of aliphatic hydroxyl groups is 2. The van der Waals surface area contributed by atoms with Crippen LogP contribution in [0.1, 0.15) is 94.7 Å². The largest absolute Gasteiger partial charge is 0.508 e. The van der Waals surface area contributed by atoms with E-state index in [0.29, 0.717) is 73.1 Å². The number of carbonyl (C=O) groups is 14. The molecule has 121 heavy (non-hydrogen) atoms. The lowest BCUT2D eigenvalue weighted by Crippen LogP contribution is -2.66. The molecule has 11 atom stereocenters. The molecule has 20 N–H and O–H groups in total. The van der Waals surface area contributed by atoms with Crippen molar-refractivity contribution >= 4 is 100 Å². The Balaban J connectivity index is 1.27. The van der Waals surface area contributed by atoms with Gasteiger partial charge in [-0.3, -0.25) is 67.0 Å². The SMILES string of the molecule is COC(=O)C[N+]1(C)CC[N+](C)(COC=O)CC[N+](C)(CC(=O)OC)CC[N+](C)(CC(=O)N[C@@H](CC(=O)O)C(=O)N[C@@H](CC2CCCCC2)C(=O)NC(Cc2ccccc2)C(=O)NC(CO)C(=O)NC(CCCN=C(N)N)C(=O)N[C@@H](Cc2ccc(O)cc2)C(=O)N[C@@H](CC(C)C)C(=O)N[C@@H](Cc2c[nH]c3ccccc23)C(=O)N[C@@H](CO)C(N)=O)CC1. The van der Waals surface area contributed by atoms with E-state index in [9.17, 15) is 82.8 Å². The van der Waals surface area contributed by atoms with Crippen molar-refractivity contribution in [3.8, 4) is 5.75 Å². The van der Waals surface area contributed by atoms with Gasteiger partial charge in [0.25, 0.3) is 12.4 Å². The molecule has 0 radical (unpaired) electrons. The van der Waals surface area contributed by atoms with Gasteiger partial charge in [0.2, 0.25) is 59.9 Å². The number of aliphatic hydroxyl groups excluding tert-OH is 2. The molecule has 0 spiro atoms. The minimum absolute atomic E-state index is 0.00134. The highest BCUT2D eigenvalue weighted by Crippen LogP contribution is 2.28. The summed E-state index contributed by atoms with van der Waals surface area (Å²) in [5.41, 5.74) is 18.9. The Morgan fingerprint density at radius 1 is 0.521 bits per heavy atom. The van der Waals surface area contributed by atoms with Gasteiger partial charge in [0.05, 0.1) is 62.0 Å². The van der Waals surface area contributed by atoms with E-state index in [-0.39, 0.29) is 146 Å². The first kappa shape index (κ1) is 98.4. The molecular weight excluding hydrogens is 1570 g/mol. The number of benzene rings is 3. The topological polar surface area (TPSA) is 562 Å². The summed E-state index contributed by atoms with van der Waals surface area (Å²) < 4.78 is 16.0. The number of H-pyrrole nitrogens is 1. The van der Waals surface area contributed by atoms with Crippen molar-refractivity contribution < 1.29 is 120 Å². The van der Waals surface area contributed by atoms with Crippen LogP contribution in [0.15, 0.2) is 90.1 Å². The van der Waals surface area contributed by atoms with Crippen molar-refractivity contribution in [1.82, 2.24) is 52.8 Å². The van der Waals surface area contributed by atoms with Crippen molar-refractivity contribution in [3.63, 3.8) is 0 Å². The molecule has 1 aromatic heterocycles. The minimum atomic E-state index is -1.88. The second kappa shape index (κ2) is 47.6. The number of carboxylic acid groups (broad SMARTS) is 1. The van der Waals surface area contributed by atoms with E-state index in [1.165, 1.54) is 38.5 Å². The van der Waals surface area contributed by atoms with Crippen molar-refractivity contribution in [1.29, 1.82) is 0 Å². The molecule has 39 nitrogen and oxygen atoms in total. The standard InChI is InChI=1S/C82H122N18O21/c1-52(2)38-61(75(112)94-65(79(116)95-67(48-101)73(83)110)42-56-44-87-59-23-16-15-22-58(56)59)90-76(113)64(41-55-25-27-57(104)28-26-55)91-74(111)60(24-17-29-86-82(84)85)89-81(118)68(49-102)96-78(115)63(40-54-20-13-10-14-21-54)92-77(114)62(39-53-18-11-9-12-19-53)93-80(117)66(43-70(106)107)88-69(105)45-97(3)30-32-98(4,46-71(108)119-7)34-36-100(6,50-121-51-103)37-35-99(5,33-31-97)47-72(109)120-8/h10,13-16,20-23,25-28,44,51-53,60-68,87,101-102H,9,11-12,17-19,24,29-43,45-50H2,1-8H3,(H13-4,83,84,85,86,88,89,90,91,92,93,94,95,96,104,105,106,107,110,111,112,113,114,115,116,117,118)/p+4/t60?,61-,62-,63?,64-,65-,66-,67-,68?,97?,98?,99?,100?/m0/s1. The van der Waals surface area contributed by atoms with E-state index in [0.717, 1.165) is 19.3 Å². The maximum absolute atomic E-state index is 15.2. The first-order chi connectivity index (χ1) is 57.3. The summed E-state index contributed by atoms with van der Waals surface area (Å²) >= 11 is 0. The zero-order valence-electron chi connectivity index (χ0n) is 70.5. The number of carbonyl (C=O) groups excluding carboxylic acids is 13. The van der Waals surface area contributed by atoms with E-state index in [4.69, 9.17) is 31.4 Å². The van der Waals surface area contributed by atoms with Gasteiger partial charge >= 0.3 is 17.9 Å². The van der Waals surface area contributed by atoms with Crippen LogP contribution in [0.4, 0.5) is 0 Å². The molecule has 0 bridgehead atoms. The van der Waals surface area contributed by atoms with Crippen molar-refractivity contribution in [3.05, 3.63) is 102 Å². The lowest BCUT2D eigenvalue weighted by atomic mass is 9.84. The van der Waals surface area contributed by atoms with E-state index in [1.54, 1.807) is 81.7 Å². The van der Waals surface area contributed by atoms with Crippen LogP contribution in [-0.2, 0) is 101 Å². The summed E-state index contributed by atoms with van der Waals surface area (Å²) in [7, 11) is 9.97. The van der Waals surface area contributed by atoms with Gasteiger partial charge in [-0.05, 0) is 72.4 Å². The number of guanidine groups is 1. The van der Waals surface area contributed by atoms with Gasteiger partial charge in [0.1, 0.15) is 112 Å². The molecule has 1 saturated heterocycles. The van der Waals surface area contributed by atoms with Crippen molar-refractivity contribution in [2.24, 2.45) is 34.0 Å². The van der Waals surface area contributed by atoms with Crippen molar-refractivity contribution in [2.75, 3.05) is 141 Å². The number of aromatic hydroxyl groups is 1. The molecule has 10 amide bonds. The molecule has 1 saturated carbocycles. The number of esters is 2. The van der Waals surface area contributed by atoms with Gasteiger partial charge in [-0.2, -0.15) is 0 Å². The number of aliphatic imine (C=N–C) groups is 1. The average Bonchev–Trinajstić information content (AvgIpc) is 1.80. The predicted molar refractivity (Wildman–Crippen MR) is 442 cm³/mol. The van der Waals surface area contributed by atoms with Crippen LogP contribution in [0, 0.1) is 11.8 Å². The fourth-order valence-electron chi connectivity index (χ4n) is 14.8. The zero-order valence-corrected chi connectivity index (χ0v) is 70.5. The minimum Gasteiger partial charge on any atom is -0.508 e. The van der Waals surface area contributed by atoms with E-state index in [1.807, 2.05) is 21.1 Å². The Hall–Kier alpha value is -11.4. The van der Waals surface area contributed by atoms with E-state index < -0.39 is 151 Å². The van der Waals surface area contributed by atoms with E-state index in [2.05, 4.69) is 57.8 Å². The number of rotatable bonds is 45. The average molecular weight is 1700 g/mol. The fourth-order valence-corrected chi connectivity index (χ4v) is 14.8. The number of carboxylic acids is 1. The number of nitrogens with two attached hydrogens (primary N) is 3. The summed E-state index contributed by atoms with van der Waals surface area (Å²) in [4.78, 5) is 203. The lowest BCUT2D eigenvalue weighted by molar-refractivity contribution is -1.01. The quantitative estimate of drug-likeness (QED) is 0.00389. The van der Waals surface area contributed by atoms with Crippen LogP contribution in [0.25, 0.3) is 10.9 Å². The van der Waals surface area contributed by atoms with Crippen molar-refractivity contribution in [2.45, 2.75) is 152 Å². The Kier molecular flexibility index (Phi) is 38.7. The highest BCUT2D eigenvalue weighted by atomic mass is 16.5. The highest BCUT2D eigenvalue weighted by Gasteiger charge is 2.43. The van der Waals surface area contributed by atoms with Gasteiger partial charge in [0.15, 0.2) is 25.6 Å². The number of ether oxygens (including phenoxy) is 3. The van der Waals surface area contributed by atoms with E-state index >= 15 is 4.79 Å². The molecule has 1 aliphatic heterocycles. The fraction of sp³-hybridized carbons (Fsp3) is 0.573. The molecule has 2 aliphatic rings. The summed E-state index contributed by atoms with van der Waals surface area (Å²) in [5.74, 6) is -13.1.